The van der Waals surface area contributed by atoms with Gasteiger partial charge in [-0.3, -0.25) is 9.78 Å². The van der Waals surface area contributed by atoms with Crippen LogP contribution in [0.4, 0.5) is 0 Å². The Hall–Kier alpha value is -1.68. The summed E-state index contributed by atoms with van der Waals surface area (Å²) in [6.07, 6.45) is 1.73. The second-order valence-corrected chi connectivity index (χ2v) is 3.94. The van der Waals surface area contributed by atoms with Crippen LogP contribution in [0.2, 0.25) is 0 Å². The zero-order chi connectivity index (χ0) is 12.7. The van der Waals surface area contributed by atoms with Crippen LogP contribution >= 0.6 is 0 Å². The van der Waals surface area contributed by atoms with E-state index in [2.05, 4.69) is 16.9 Å². The molecule has 0 fully saturated rings. The third-order valence-corrected chi connectivity index (χ3v) is 2.34. The maximum Gasteiger partial charge on any atom is 0.236 e. The van der Waals surface area contributed by atoms with Gasteiger partial charge in [0.1, 0.15) is 0 Å². The number of hydrogen-bond acceptors (Lipinski definition) is 3. The Morgan fingerprint density at radius 3 is 3.00 bits per heavy atom. The molecule has 0 atom stereocenters. The van der Waals surface area contributed by atoms with E-state index in [-0.39, 0.29) is 5.91 Å². The van der Waals surface area contributed by atoms with E-state index >= 15 is 0 Å². The molecule has 1 aromatic rings. The van der Waals surface area contributed by atoms with Crippen LogP contribution in [0.25, 0.3) is 0 Å². The third kappa shape index (κ3) is 4.78. The molecule has 1 amide bonds. The van der Waals surface area contributed by atoms with E-state index in [1.54, 1.807) is 18.0 Å². The largest absolute Gasteiger partial charge is 0.339 e. The lowest BCUT2D eigenvalue weighted by atomic mass is 10.3. The van der Waals surface area contributed by atoms with Gasteiger partial charge in [-0.25, -0.2) is 0 Å². The molecule has 4 heteroatoms. The third-order valence-electron chi connectivity index (χ3n) is 2.34. The van der Waals surface area contributed by atoms with Gasteiger partial charge in [-0.15, -0.1) is 6.58 Å². The average Bonchev–Trinajstić information content (AvgIpc) is 2.29. The summed E-state index contributed by atoms with van der Waals surface area (Å²) in [6, 6.07) is 5.82. The number of aromatic nitrogens is 1. The highest BCUT2D eigenvalue weighted by Gasteiger charge is 2.08. The molecular formula is C13H19N3O. The number of amides is 1. The van der Waals surface area contributed by atoms with E-state index in [1.807, 2.05) is 25.1 Å². The van der Waals surface area contributed by atoms with Crippen LogP contribution in [0, 0.1) is 6.92 Å². The van der Waals surface area contributed by atoms with Crippen molar-refractivity contribution in [2.75, 3.05) is 20.1 Å². The molecule has 0 aliphatic carbocycles. The van der Waals surface area contributed by atoms with Crippen molar-refractivity contribution in [3.05, 3.63) is 42.2 Å². The summed E-state index contributed by atoms with van der Waals surface area (Å²) in [6.45, 7) is 7.03. The van der Waals surface area contributed by atoms with Gasteiger partial charge < -0.3 is 10.2 Å². The first kappa shape index (κ1) is 13.4. The number of likely N-dealkylation sites (N-methyl/N-ethyl adjacent to an activating group) is 1. The summed E-state index contributed by atoms with van der Waals surface area (Å²) in [5.41, 5.74) is 1.87. The van der Waals surface area contributed by atoms with Crippen molar-refractivity contribution in [1.82, 2.24) is 15.2 Å². The molecule has 0 saturated carbocycles. The lowest BCUT2D eigenvalue weighted by Crippen LogP contribution is -2.35. The topological polar surface area (TPSA) is 45.2 Å². The molecule has 92 valence electrons. The van der Waals surface area contributed by atoms with Crippen molar-refractivity contribution in [2.45, 2.75) is 13.5 Å². The summed E-state index contributed by atoms with van der Waals surface area (Å²) < 4.78 is 0. The Kier molecular flexibility index (Phi) is 5.36. The molecule has 1 aromatic heterocycles. The van der Waals surface area contributed by atoms with Crippen LogP contribution in [0.5, 0.6) is 0 Å². The van der Waals surface area contributed by atoms with Crippen molar-refractivity contribution in [1.29, 1.82) is 0 Å². The van der Waals surface area contributed by atoms with Gasteiger partial charge in [-0.05, 0) is 19.1 Å². The number of pyridine rings is 1. The highest BCUT2D eigenvalue weighted by Crippen LogP contribution is 2.01. The first-order valence-corrected chi connectivity index (χ1v) is 5.61. The zero-order valence-electron chi connectivity index (χ0n) is 10.4. The van der Waals surface area contributed by atoms with Crippen molar-refractivity contribution < 1.29 is 4.79 Å². The molecule has 0 spiro atoms. The molecule has 17 heavy (non-hydrogen) atoms. The van der Waals surface area contributed by atoms with Crippen molar-refractivity contribution in [3.8, 4) is 0 Å². The fourth-order valence-electron chi connectivity index (χ4n) is 1.43. The second kappa shape index (κ2) is 6.81. The smallest absolute Gasteiger partial charge is 0.236 e. The Morgan fingerprint density at radius 1 is 1.59 bits per heavy atom. The number of nitrogens with zero attached hydrogens (tertiary/aromatic N) is 2. The molecule has 0 aliphatic heterocycles. The molecule has 1 N–H and O–H groups in total. The van der Waals surface area contributed by atoms with E-state index < -0.39 is 0 Å². The van der Waals surface area contributed by atoms with Gasteiger partial charge in [-0.1, -0.05) is 12.1 Å². The minimum atomic E-state index is 0.0511. The molecule has 0 unspecified atom stereocenters. The van der Waals surface area contributed by atoms with Crippen molar-refractivity contribution >= 4 is 5.91 Å². The summed E-state index contributed by atoms with van der Waals surface area (Å²) in [5.74, 6) is 0.0511. The molecule has 0 radical (unpaired) electrons. The van der Waals surface area contributed by atoms with Crippen LogP contribution < -0.4 is 5.32 Å². The quantitative estimate of drug-likeness (QED) is 0.591. The minimum absolute atomic E-state index is 0.0511. The van der Waals surface area contributed by atoms with Crippen molar-refractivity contribution in [3.63, 3.8) is 0 Å². The first-order valence-electron chi connectivity index (χ1n) is 5.61. The summed E-state index contributed by atoms with van der Waals surface area (Å²) in [4.78, 5) is 17.7. The monoisotopic (exact) mass is 233 g/mol. The van der Waals surface area contributed by atoms with Gasteiger partial charge in [0.2, 0.25) is 5.91 Å². The Morgan fingerprint density at radius 2 is 2.35 bits per heavy atom. The highest BCUT2D eigenvalue weighted by atomic mass is 16.2. The van der Waals surface area contributed by atoms with Gasteiger partial charge in [0.15, 0.2) is 0 Å². The predicted molar refractivity (Wildman–Crippen MR) is 68.5 cm³/mol. The number of aryl methyl sites for hydroxylation is 1. The summed E-state index contributed by atoms with van der Waals surface area (Å²) >= 11 is 0. The lowest BCUT2D eigenvalue weighted by molar-refractivity contribution is -0.129. The average molecular weight is 233 g/mol. The summed E-state index contributed by atoms with van der Waals surface area (Å²) in [7, 11) is 1.78. The SMILES string of the molecule is C=CCNCC(=O)N(C)Cc1cccc(C)n1. The maximum absolute atomic E-state index is 11.7. The number of nitrogens with one attached hydrogen (secondary N) is 1. The molecule has 0 saturated heterocycles. The van der Waals surface area contributed by atoms with E-state index in [4.69, 9.17) is 0 Å². The molecule has 4 nitrogen and oxygen atoms in total. The van der Waals surface area contributed by atoms with Crippen LogP contribution in [-0.2, 0) is 11.3 Å². The minimum Gasteiger partial charge on any atom is -0.339 e. The Labute approximate surface area is 102 Å². The molecular weight excluding hydrogens is 214 g/mol. The molecule has 0 aromatic carbocycles. The van der Waals surface area contributed by atoms with Crippen LogP contribution in [-0.4, -0.2) is 35.9 Å². The van der Waals surface area contributed by atoms with Crippen molar-refractivity contribution in [2.24, 2.45) is 0 Å². The molecule has 0 bridgehead atoms. The molecule has 1 heterocycles. The highest BCUT2D eigenvalue weighted by molar-refractivity contribution is 5.77. The second-order valence-electron chi connectivity index (χ2n) is 3.94. The van der Waals surface area contributed by atoms with Crippen LogP contribution in [0.15, 0.2) is 30.9 Å². The normalized spacial score (nSPS) is 10.0. The van der Waals surface area contributed by atoms with Gasteiger partial charge in [0.25, 0.3) is 0 Å². The Bertz CT molecular complexity index is 390. The zero-order valence-corrected chi connectivity index (χ0v) is 10.4. The standard InChI is InChI=1S/C13H19N3O/c1-4-8-14-9-13(17)16(3)10-12-7-5-6-11(2)15-12/h4-7,14H,1,8-10H2,2-3H3. The molecule has 0 aliphatic rings. The number of carbonyl (C=O) groups excluding carboxylic acids is 1. The maximum atomic E-state index is 11.7. The van der Waals surface area contributed by atoms with Crippen LogP contribution in [0.3, 0.4) is 0 Å². The summed E-state index contributed by atoms with van der Waals surface area (Å²) in [5, 5.41) is 2.98. The fraction of sp³-hybridized carbons (Fsp3) is 0.385. The van der Waals surface area contributed by atoms with Crippen LogP contribution in [0.1, 0.15) is 11.4 Å². The van der Waals surface area contributed by atoms with E-state index in [9.17, 15) is 4.79 Å². The number of rotatable bonds is 6. The van der Waals surface area contributed by atoms with Gasteiger partial charge >= 0.3 is 0 Å². The van der Waals surface area contributed by atoms with Gasteiger partial charge in [0, 0.05) is 19.3 Å². The Balaban J connectivity index is 2.45. The lowest BCUT2D eigenvalue weighted by Gasteiger charge is -2.17. The van der Waals surface area contributed by atoms with E-state index in [0.717, 1.165) is 11.4 Å². The van der Waals surface area contributed by atoms with Gasteiger partial charge in [-0.2, -0.15) is 0 Å². The fourth-order valence-corrected chi connectivity index (χ4v) is 1.43. The van der Waals surface area contributed by atoms with E-state index in [1.165, 1.54) is 0 Å². The predicted octanol–water partition coefficient (Wildman–Crippen LogP) is 1.12. The number of carbonyl (C=O) groups is 1. The molecule has 1 rings (SSSR count). The van der Waals surface area contributed by atoms with Gasteiger partial charge in [0.05, 0.1) is 18.8 Å². The first-order chi connectivity index (χ1) is 8.13. The van der Waals surface area contributed by atoms with E-state index in [0.29, 0.717) is 19.6 Å². The number of hydrogen-bond donors (Lipinski definition) is 1.